The van der Waals surface area contributed by atoms with E-state index in [1.807, 2.05) is 4.90 Å². The Kier molecular flexibility index (Phi) is 2.64. The highest BCUT2D eigenvalue weighted by atomic mass is 35.7. The summed E-state index contributed by atoms with van der Waals surface area (Å²) in [5.41, 5.74) is -0.632. The van der Waals surface area contributed by atoms with Crippen molar-refractivity contribution in [2.45, 2.75) is 17.4 Å². The van der Waals surface area contributed by atoms with Crippen LogP contribution in [-0.2, 0) is 8.74 Å². The highest BCUT2D eigenvalue weighted by molar-refractivity contribution is 8.21. The first-order valence-corrected chi connectivity index (χ1v) is 7.34. The van der Waals surface area contributed by atoms with Gasteiger partial charge in [0.15, 0.2) is 0 Å². The minimum absolute atomic E-state index is 0.421. The molecule has 1 unspecified atom stereocenters. The van der Waals surface area contributed by atoms with Crippen LogP contribution in [-0.4, -0.2) is 38.9 Å². The van der Waals surface area contributed by atoms with Crippen LogP contribution >= 0.6 is 10.7 Å². The molecule has 1 atom stereocenters. The molecule has 0 bridgehead atoms. The Morgan fingerprint density at radius 2 is 2.25 bits per heavy atom. The quantitative estimate of drug-likeness (QED) is 0.634. The van der Waals surface area contributed by atoms with Crippen molar-refractivity contribution in [3.8, 4) is 0 Å². The van der Waals surface area contributed by atoms with E-state index in [-0.39, 0.29) is 0 Å². The molecule has 1 aliphatic rings. The zero-order chi connectivity index (χ0) is 12.0. The predicted octanol–water partition coefficient (Wildman–Crippen LogP) is 0.882. The number of hydrogen-bond donors (Lipinski definition) is 1. The Balaban J connectivity index is 2.16. The van der Waals surface area contributed by atoms with E-state index in [1.54, 1.807) is 19.1 Å². The molecule has 0 saturated carbocycles. The zero-order valence-corrected chi connectivity index (χ0v) is 10.5. The van der Waals surface area contributed by atoms with E-state index >= 15 is 0 Å². The summed E-state index contributed by atoms with van der Waals surface area (Å²) in [7, 11) is 2.89. The van der Waals surface area contributed by atoms with Crippen LogP contribution in [0.15, 0.2) is 23.2 Å². The molecule has 16 heavy (non-hydrogen) atoms. The summed E-state index contributed by atoms with van der Waals surface area (Å²) in [5.74, 6) is 4.12. The number of anilines is 1. The Labute approximate surface area is 99.4 Å². The molecule has 1 aliphatic heterocycles. The molecule has 0 aromatic carbocycles. The second-order valence-electron chi connectivity index (χ2n) is 4.30. The third-order valence-electron chi connectivity index (χ3n) is 2.46. The summed E-state index contributed by atoms with van der Waals surface area (Å²) in [5, 5.41) is 9.58. The second kappa shape index (κ2) is 3.61. The fourth-order valence-corrected chi connectivity index (χ4v) is 2.43. The van der Waals surface area contributed by atoms with E-state index in [2.05, 4.69) is 10.9 Å². The first-order valence-electron chi connectivity index (χ1n) is 4.78. The molecule has 4 nitrogen and oxygen atoms in total. The summed E-state index contributed by atoms with van der Waals surface area (Å²) < 4.78 is 11.4. The average molecular weight is 261 g/mol. The Hall–Kier alpha value is -0.780. The number of pyridine rings is 1. The minimum Gasteiger partial charge on any atom is -0.386 e. The van der Waals surface area contributed by atoms with Crippen LogP contribution < -0.4 is 4.90 Å². The van der Waals surface area contributed by atoms with Crippen LogP contribution in [0.25, 0.3) is 0 Å². The lowest BCUT2D eigenvalue weighted by atomic mass is 9.97. The SMILES string of the molecule is C=S(=O)(Cl)c1ccc(N2CC(C)(O)C2)nc1. The molecule has 6 heteroatoms. The third kappa shape index (κ3) is 2.31. The van der Waals surface area contributed by atoms with Gasteiger partial charge in [0.1, 0.15) is 5.82 Å². The van der Waals surface area contributed by atoms with Crippen LogP contribution in [0.3, 0.4) is 0 Å². The molecule has 1 aromatic rings. The van der Waals surface area contributed by atoms with Gasteiger partial charge in [-0.05, 0) is 35.6 Å². The van der Waals surface area contributed by atoms with E-state index in [0.717, 1.165) is 5.82 Å². The third-order valence-corrected chi connectivity index (χ3v) is 3.94. The van der Waals surface area contributed by atoms with Gasteiger partial charge in [0, 0.05) is 19.3 Å². The molecule has 1 aromatic heterocycles. The van der Waals surface area contributed by atoms with Crippen molar-refractivity contribution in [3.05, 3.63) is 18.3 Å². The maximum Gasteiger partial charge on any atom is 0.128 e. The van der Waals surface area contributed by atoms with Crippen molar-refractivity contribution < 1.29 is 9.32 Å². The van der Waals surface area contributed by atoms with Crippen LogP contribution in [0.5, 0.6) is 0 Å². The number of β-amino-alcohol motifs (C(OH)–C–C–N with tert-alkyl or cyclic N) is 1. The van der Waals surface area contributed by atoms with Gasteiger partial charge in [-0.2, -0.15) is 0 Å². The van der Waals surface area contributed by atoms with Crippen LogP contribution in [0.1, 0.15) is 6.92 Å². The number of hydrogen-bond acceptors (Lipinski definition) is 4. The topological polar surface area (TPSA) is 53.4 Å². The monoisotopic (exact) mass is 260 g/mol. The number of rotatable bonds is 2. The van der Waals surface area contributed by atoms with Gasteiger partial charge < -0.3 is 10.0 Å². The second-order valence-corrected chi connectivity index (χ2v) is 7.46. The maximum absolute atomic E-state index is 11.4. The van der Waals surface area contributed by atoms with Crippen molar-refractivity contribution in [2.24, 2.45) is 0 Å². The van der Waals surface area contributed by atoms with E-state index in [4.69, 9.17) is 10.7 Å². The lowest BCUT2D eigenvalue weighted by Gasteiger charge is -2.44. The summed E-state index contributed by atoms with van der Waals surface area (Å²) in [4.78, 5) is 6.50. The van der Waals surface area contributed by atoms with Crippen molar-refractivity contribution in [1.82, 2.24) is 4.98 Å². The molecule has 0 spiro atoms. The molecule has 88 valence electrons. The smallest absolute Gasteiger partial charge is 0.128 e. The Morgan fingerprint density at radius 3 is 2.62 bits per heavy atom. The van der Waals surface area contributed by atoms with Crippen molar-refractivity contribution in [2.75, 3.05) is 18.0 Å². The van der Waals surface area contributed by atoms with Gasteiger partial charge in [0.2, 0.25) is 0 Å². The average Bonchev–Trinajstić information content (AvgIpc) is 2.13. The molecule has 0 radical (unpaired) electrons. The van der Waals surface area contributed by atoms with E-state index in [0.29, 0.717) is 18.0 Å². The predicted molar refractivity (Wildman–Crippen MR) is 66.5 cm³/mol. The highest BCUT2D eigenvalue weighted by Crippen LogP contribution is 2.26. The molecule has 1 fully saturated rings. The number of aliphatic hydroxyl groups is 1. The minimum atomic E-state index is -2.72. The zero-order valence-electron chi connectivity index (χ0n) is 8.89. The summed E-state index contributed by atoms with van der Waals surface area (Å²) in [6.45, 7) is 2.89. The van der Waals surface area contributed by atoms with Gasteiger partial charge in [0.25, 0.3) is 0 Å². The normalized spacial score (nSPS) is 22.3. The molecule has 0 aliphatic carbocycles. The molecule has 1 saturated heterocycles. The van der Waals surface area contributed by atoms with Crippen molar-refractivity contribution in [1.29, 1.82) is 0 Å². The Morgan fingerprint density at radius 1 is 1.62 bits per heavy atom. The van der Waals surface area contributed by atoms with E-state index in [9.17, 15) is 9.32 Å². The van der Waals surface area contributed by atoms with Crippen LogP contribution in [0.2, 0.25) is 0 Å². The summed E-state index contributed by atoms with van der Waals surface area (Å²) >= 11 is 0. The first-order chi connectivity index (χ1) is 7.28. The van der Waals surface area contributed by atoms with Crippen molar-refractivity contribution in [3.63, 3.8) is 0 Å². The highest BCUT2D eigenvalue weighted by Gasteiger charge is 2.37. The van der Waals surface area contributed by atoms with Crippen LogP contribution in [0.4, 0.5) is 5.82 Å². The molecular weight excluding hydrogens is 248 g/mol. The fraction of sp³-hybridized carbons (Fsp3) is 0.400. The van der Waals surface area contributed by atoms with Gasteiger partial charge in [-0.1, -0.05) is 0 Å². The Bertz CT molecular complexity index is 488. The van der Waals surface area contributed by atoms with Gasteiger partial charge in [-0.25, -0.2) is 9.19 Å². The fourth-order valence-electron chi connectivity index (χ4n) is 1.68. The number of nitrogens with zero attached hydrogens (tertiary/aromatic N) is 2. The van der Waals surface area contributed by atoms with Gasteiger partial charge in [0.05, 0.1) is 19.2 Å². The molecule has 0 amide bonds. The largest absolute Gasteiger partial charge is 0.386 e. The molecule has 2 rings (SSSR count). The molecule has 2 heterocycles. The first kappa shape index (κ1) is 11.7. The van der Waals surface area contributed by atoms with E-state index in [1.165, 1.54) is 6.20 Å². The molecule has 1 N–H and O–H groups in total. The standard InChI is InChI=1S/C10H13ClN2O2S/c1-10(14)6-13(7-10)9-4-3-8(5-12-9)16(2,11)15/h3-5,14H,2,6-7H2,1H3. The number of aromatic nitrogens is 1. The van der Waals surface area contributed by atoms with Crippen LogP contribution in [0, 0.1) is 0 Å². The van der Waals surface area contributed by atoms with E-state index < -0.39 is 14.3 Å². The maximum atomic E-state index is 11.4. The molecular formula is C10H13ClN2O2S. The lowest BCUT2D eigenvalue weighted by molar-refractivity contribution is 0.0305. The van der Waals surface area contributed by atoms with Crippen molar-refractivity contribution >= 4 is 31.1 Å². The van der Waals surface area contributed by atoms with Gasteiger partial charge in [-0.15, -0.1) is 0 Å². The summed E-state index contributed by atoms with van der Waals surface area (Å²) in [6, 6.07) is 3.38. The number of halogens is 1. The van der Waals surface area contributed by atoms with Gasteiger partial charge >= 0.3 is 0 Å². The summed E-state index contributed by atoms with van der Waals surface area (Å²) in [6.07, 6.45) is 1.46. The lowest BCUT2D eigenvalue weighted by Crippen LogP contribution is -2.60. The van der Waals surface area contributed by atoms with Gasteiger partial charge in [-0.3, -0.25) is 0 Å².